The van der Waals surface area contributed by atoms with Crippen molar-refractivity contribution in [1.29, 1.82) is 0 Å². The van der Waals surface area contributed by atoms with Gasteiger partial charge >= 0.3 is 0 Å². The molecule has 0 unspecified atom stereocenters. The average Bonchev–Trinajstić information content (AvgIpc) is 2.99. The molecule has 0 aliphatic rings. The number of benzene rings is 2. The lowest BCUT2D eigenvalue weighted by atomic mass is 10.1. The van der Waals surface area contributed by atoms with E-state index in [4.69, 9.17) is 0 Å². The molecule has 32 heavy (non-hydrogen) atoms. The highest BCUT2D eigenvalue weighted by Crippen LogP contribution is 2.32. The van der Waals surface area contributed by atoms with Gasteiger partial charge in [0.1, 0.15) is 0 Å². The van der Waals surface area contributed by atoms with Crippen molar-refractivity contribution < 1.29 is 18.0 Å². The summed E-state index contributed by atoms with van der Waals surface area (Å²) in [5.41, 5.74) is 2.06. The van der Waals surface area contributed by atoms with Crippen LogP contribution in [0.1, 0.15) is 18.2 Å². The molecule has 2 amide bonds. The minimum Gasteiger partial charge on any atom is -0.355 e. The number of aromatic nitrogens is 1. The molecular formula is C23H28N4O4S. The summed E-state index contributed by atoms with van der Waals surface area (Å²) in [5.74, 6) is -0.434. The van der Waals surface area contributed by atoms with E-state index in [1.165, 1.54) is 10.9 Å². The van der Waals surface area contributed by atoms with Gasteiger partial charge in [-0.05, 0) is 56.9 Å². The van der Waals surface area contributed by atoms with E-state index < -0.39 is 10.0 Å². The molecule has 0 atom stereocenters. The molecule has 8 nitrogen and oxygen atoms in total. The van der Waals surface area contributed by atoms with Crippen molar-refractivity contribution in [1.82, 2.24) is 14.2 Å². The highest BCUT2D eigenvalue weighted by Gasteiger charge is 2.26. The number of fused-ring (bicyclic) bond motifs is 1. The van der Waals surface area contributed by atoms with E-state index in [-0.39, 0.29) is 23.1 Å². The molecule has 0 aliphatic heterocycles. The summed E-state index contributed by atoms with van der Waals surface area (Å²) in [6.45, 7) is 4.28. The van der Waals surface area contributed by atoms with Crippen LogP contribution in [0.25, 0.3) is 10.9 Å². The van der Waals surface area contributed by atoms with E-state index in [0.717, 1.165) is 0 Å². The van der Waals surface area contributed by atoms with Gasteiger partial charge in [-0.1, -0.05) is 18.2 Å². The van der Waals surface area contributed by atoms with Crippen LogP contribution >= 0.6 is 0 Å². The van der Waals surface area contributed by atoms with Crippen molar-refractivity contribution in [2.75, 3.05) is 32.5 Å². The Morgan fingerprint density at radius 1 is 1.06 bits per heavy atom. The fraction of sp³-hybridized carbons (Fsp3) is 0.304. The molecule has 2 aromatic carbocycles. The fourth-order valence-corrected chi connectivity index (χ4v) is 5.21. The summed E-state index contributed by atoms with van der Waals surface area (Å²) < 4.78 is 28.2. The topological polar surface area (TPSA) is 101 Å². The molecule has 0 saturated carbocycles. The van der Waals surface area contributed by atoms with Gasteiger partial charge in [0.05, 0.1) is 16.8 Å². The number of amides is 2. The first-order chi connectivity index (χ1) is 15.1. The van der Waals surface area contributed by atoms with E-state index in [9.17, 15) is 18.0 Å². The van der Waals surface area contributed by atoms with Gasteiger partial charge in [-0.25, -0.2) is 12.4 Å². The first kappa shape index (κ1) is 23.5. The van der Waals surface area contributed by atoms with Gasteiger partial charge in [0.15, 0.2) is 0 Å². The minimum atomic E-state index is -3.88. The summed E-state index contributed by atoms with van der Waals surface area (Å²) in [5, 5.41) is 6.20. The van der Waals surface area contributed by atoms with Crippen molar-refractivity contribution >= 4 is 38.4 Å². The van der Waals surface area contributed by atoms with Crippen LogP contribution in [-0.4, -0.2) is 56.3 Å². The molecule has 3 rings (SSSR count). The van der Waals surface area contributed by atoms with Crippen LogP contribution in [0.3, 0.4) is 0 Å². The minimum absolute atomic E-state index is 0.0244. The Morgan fingerprint density at radius 3 is 2.38 bits per heavy atom. The second-order valence-corrected chi connectivity index (χ2v) is 9.68. The van der Waals surface area contributed by atoms with Crippen LogP contribution in [-0.2, 0) is 26.0 Å². The number of nitrogens with one attached hydrogen (secondary N) is 2. The van der Waals surface area contributed by atoms with E-state index in [2.05, 4.69) is 10.6 Å². The Bertz CT molecular complexity index is 1250. The summed E-state index contributed by atoms with van der Waals surface area (Å²) in [7, 11) is -0.0472. The van der Waals surface area contributed by atoms with Crippen LogP contribution in [0.4, 0.5) is 5.69 Å². The zero-order valence-corrected chi connectivity index (χ0v) is 19.5. The number of hydrogen-bond donors (Lipinski definition) is 2. The standard InChI is InChI=1S/C23H28N4O4S/c1-16-20(15-23(29)24-12-13-26(3)4)21-14-18(25-17(2)28)10-11-22(21)27(16)32(30,31)19-8-6-5-7-9-19/h5-11,14H,12-13,15H2,1-4H3,(H,24,29)(H,25,28). The summed E-state index contributed by atoms with van der Waals surface area (Å²) >= 11 is 0. The molecule has 2 N–H and O–H groups in total. The Hall–Kier alpha value is -3.17. The normalized spacial score (nSPS) is 11.7. The maximum atomic E-state index is 13.5. The third kappa shape index (κ3) is 5.00. The number of likely N-dealkylation sites (N-methyl/N-ethyl adjacent to an activating group) is 1. The van der Waals surface area contributed by atoms with Crippen molar-refractivity contribution in [3.05, 3.63) is 59.8 Å². The predicted octanol–water partition coefficient (Wildman–Crippen LogP) is 2.37. The van der Waals surface area contributed by atoms with Crippen molar-refractivity contribution in [3.8, 4) is 0 Å². The van der Waals surface area contributed by atoms with Gasteiger partial charge in [-0.2, -0.15) is 0 Å². The van der Waals surface area contributed by atoms with Gasteiger partial charge < -0.3 is 15.5 Å². The molecule has 0 spiro atoms. The average molecular weight is 457 g/mol. The first-order valence-electron chi connectivity index (χ1n) is 10.2. The van der Waals surface area contributed by atoms with Crippen LogP contribution in [0.15, 0.2) is 53.4 Å². The molecule has 0 aliphatic carbocycles. The SMILES string of the molecule is CC(=O)Nc1ccc2c(c1)c(CC(=O)NCCN(C)C)c(C)n2S(=O)(=O)c1ccccc1. The number of hydrogen-bond acceptors (Lipinski definition) is 5. The Labute approximate surface area is 188 Å². The maximum absolute atomic E-state index is 13.5. The van der Waals surface area contributed by atoms with E-state index in [0.29, 0.717) is 40.9 Å². The molecule has 0 radical (unpaired) electrons. The zero-order chi connectivity index (χ0) is 23.5. The molecule has 170 valence electrons. The first-order valence-corrected chi connectivity index (χ1v) is 11.7. The van der Waals surface area contributed by atoms with E-state index >= 15 is 0 Å². The number of anilines is 1. The lowest BCUT2D eigenvalue weighted by Crippen LogP contribution is -2.32. The maximum Gasteiger partial charge on any atom is 0.268 e. The monoisotopic (exact) mass is 456 g/mol. The van der Waals surface area contributed by atoms with Gasteiger partial charge in [-0.3, -0.25) is 9.59 Å². The van der Waals surface area contributed by atoms with Gasteiger partial charge in [0, 0.05) is 36.8 Å². The largest absolute Gasteiger partial charge is 0.355 e. The van der Waals surface area contributed by atoms with Gasteiger partial charge in [0.25, 0.3) is 10.0 Å². The van der Waals surface area contributed by atoms with Gasteiger partial charge in [0.2, 0.25) is 11.8 Å². The van der Waals surface area contributed by atoms with Crippen LogP contribution in [0.2, 0.25) is 0 Å². The molecule has 0 fully saturated rings. The van der Waals surface area contributed by atoms with Crippen molar-refractivity contribution in [2.24, 2.45) is 0 Å². The van der Waals surface area contributed by atoms with E-state index in [1.807, 2.05) is 19.0 Å². The fourth-order valence-electron chi connectivity index (χ4n) is 3.61. The molecule has 0 saturated heterocycles. The summed E-state index contributed by atoms with van der Waals surface area (Å²) in [4.78, 5) is 26.3. The highest BCUT2D eigenvalue weighted by molar-refractivity contribution is 7.90. The molecule has 1 heterocycles. The van der Waals surface area contributed by atoms with Crippen molar-refractivity contribution in [3.63, 3.8) is 0 Å². The van der Waals surface area contributed by atoms with Crippen LogP contribution in [0, 0.1) is 6.92 Å². The van der Waals surface area contributed by atoms with Gasteiger partial charge in [-0.15, -0.1) is 0 Å². The Morgan fingerprint density at radius 2 is 1.75 bits per heavy atom. The number of carbonyl (C=O) groups excluding carboxylic acids is 2. The molecule has 1 aromatic heterocycles. The molecule has 0 bridgehead atoms. The number of nitrogens with zero attached hydrogens (tertiary/aromatic N) is 2. The molecular weight excluding hydrogens is 428 g/mol. The second kappa shape index (κ2) is 9.54. The second-order valence-electron chi connectivity index (χ2n) is 7.89. The molecule has 9 heteroatoms. The lowest BCUT2D eigenvalue weighted by Gasteiger charge is -2.11. The summed E-state index contributed by atoms with van der Waals surface area (Å²) in [6, 6.07) is 13.2. The van der Waals surface area contributed by atoms with Crippen LogP contribution < -0.4 is 10.6 Å². The highest BCUT2D eigenvalue weighted by atomic mass is 32.2. The van der Waals surface area contributed by atoms with Crippen LogP contribution in [0.5, 0.6) is 0 Å². The zero-order valence-electron chi connectivity index (χ0n) is 18.7. The Kier molecular flexibility index (Phi) is 7.00. The third-order valence-electron chi connectivity index (χ3n) is 5.10. The third-order valence-corrected chi connectivity index (χ3v) is 6.92. The smallest absolute Gasteiger partial charge is 0.268 e. The van der Waals surface area contributed by atoms with E-state index in [1.54, 1.807) is 55.5 Å². The molecule has 3 aromatic rings. The Balaban J connectivity index is 2.11. The summed E-state index contributed by atoms with van der Waals surface area (Å²) in [6.07, 6.45) is 0.0244. The predicted molar refractivity (Wildman–Crippen MR) is 125 cm³/mol. The number of rotatable bonds is 8. The quantitative estimate of drug-likeness (QED) is 0.542. The van der Waals surface area contributed by atoms with Crippen molar-refractivity contribution in [2.45, 2.75) is 25.2 Å². The number of carbonyl (C=O) groups is 2. The lowest BCUT2D eigenvalue weighted by molar-refractivity contribution is -0.120.